The minimum Gasteiger partial charge on any atom is -0.338 e. The summed E-state index contributed by atoms with van der Waals surface area (Å²) in [6, 6.07) is 13.9. The molecule has 126 valence electrons. The fourth-order valence-electron chi connectivity index (χ4n) is 2.76. The van der Waals surface area contributed by atoms with Gasteiger partial charge in [0.25, 0.3) is 10.0 Å². The topological polar surface area (TPSA) is 66.5 Å². The van der Waals surface area contributed by atoms with Crippen LogP contribution in [-0.2, 0) is 21.4 Å². The third kappa shape index (κ3) is 3.59. The third-order valence-corrected chi connectivity index (χ3v) is 5.51. The molecule has 0 saturated carbocycles. The van der Waals surface area contributed by atoms with Crippen LogP contribution in [-0.4, -0.2) is 25.8 Å². The van der Waals surface area contributed by atoms with Crippen molar-refractivity contribution in [1.29, 1.82) is 0 Å². The van der Waals surface area contributed by atoms with E-state index in [4.69, 9.17) is 0 Å². The van der Waals surface area contributed by atoms with Gasteiger partial charge < -0.3 is 4.90 Å². The highest BCUT2D eigenvalue weighted by atomic mass is 32.2. The molecule has 1 saturated heterocycles. The van der Waals surface area contributed by atoms with E-state index >= 15 is 0 Å². The predicted octanol–water partition coefficient (Wildman–Crippen LogP) is 2.92. The molecule has 0 aliphatic carbocycles. The van der Waals surface area contributed by atoms with Crippen molar-refractivity contribution in [3.8, 4) is 0 Å². The van der Waals surface area contributed by atoms with E-state index in [9.17, 15) is 13.2 Å². The molecule has 0 bridgehead atoms. The van der Waals surface area contributed by atoms with Crippen LogP contribution in [0.5, 0.6) is 0 Å². The number of likely N-dealkylation sites (tertiary alicyclic amines) is 1. The summed E-state index contributed by atoms with van der Waals surface area (Å²) in [5, 5.41) is 0. The van der Waals surface area contributed by atoms with Gasteiger partial charge in [0.2, 0.25) is 5.91 Å². The monoisotopic (exact) mass is 344 g/mol. The van der Waals surface area contributed by atoms with Crippen molar-refractivity contribution < 1.29 is 13.2 Å². The first-order valence-electron chi connectivity index (χ1n) is 7.91. The van der Waals surface area contributed by atoms with Gasteiger partial charge in [-0.15, -0.1) is 0 Å². The smallest absolute Gasteiger partial charge is 0.261 e. The van der Waals surface area contributed by atoms with E-state index in [1.807, 2.05) is 19.1 Å². The van der Waals surface area contributed by atoms with Crippen LogP contribution in [0.1, 0.15) is 24.0 Å². The highest BCUT2D eigenvalue weighted by Crippen LogP contribution is 2.23. The molecular formula is C18H20N2O3S. The first-order chi connectivity index (χ1) is 11.5. The summed E-state index contributed by atoms with van der Waals surface area (Å²) >= 11 is 0. The van der Waals surface area contributed by atoms with E-state index < -0.39 is 10.0 Å². The fraction of sp³-hybridized carbons (Fsp3) is 0.278. The average molecular weight is 344 g/mol. The zero-order valence-corrected chi connectivity index (χ0v) is 14.3. The van der Waals surface area contributed by atoms with Gasteiger partial charge in [-0.05, 0) is 37.1 Å². The van der Waals surface area contributed by atoms with Crippen molar-refractivity contribution in [2.24, 2.45) is 0 Å². The van der Waals surface area contributed by atoms with E-state index in [1.165, 1.54) is 0 Å². The lowest BCUT2D eigenvalue weighted by molar-refractivity contribution is -0.128. The minimum atomic E-state index is -3.65. The van der Waals surface area contributed by atoms with Crippen LogP contribution < -0.4 is 4.72 Å². The van der Waals surface area contributed by atoms with Crippen LogP contribution in [0.25, 0.3) is 0 Å². The average Bonchev–Trinajstić information content (AvgIpc) is 2.94. The standard InChI is InChI=1S/C18H20N2O3S/c1-14-8-10-16(11-9-14)24(22,23)19-17-6-3-2-5-15(17)13-20-12-4-7-18(20)21/h2-3,5-6,8-11,19H,4,7,12-13H2,1H3. The molecule has 6 heteroatoms. The van der Waals surface area contributed by atoms with Gasteiger partial charge in [-0.3, -0.25) is 9.52 Å². The van der Waals surface area contributed by atoms with Crippen molar-refractivity contribution in [1.82, 2.24) is 4.90 Å². The molecule has 24 heavy (non-hydrogen) atoms. The zero-order chi connectivity index (χ0) is 17.2. The lowest BCUT2D eigenvalue weighted by Gasteiger charge is -2.19. The number of aryl methyl sites for hydroxylation is 1. The van der Waals surface area contributed by atoms with Crippen molar-refractivity contribution in [3.63, 3.8) is 0 Å². The number of benzene rings is 2. The Morgan fingerprint density at radius 3 is 2.46 bits per heavy atom. The molecule has 2 aromatic carbocycles. The summed E-state index contributed by atoms with van der Waals surface area (Å²) in [4.78, 5) is 13.8. The van der Waals surface area contributed by atoms with Gasteiger partial charge in [-0.25, -0.2) is 8.42 Å². The van der Waals surface area contributed by atoms with Crippen LogP contribution in [0.3, 0.4) is 0 Å². The molecule has 1 heterocycles. The largest absolute Gasteiger partial charge is 0.338 e. The number of rotatable bonds is 5. The number of para-hydroxylation sites is 1. The summed E-state index contributed by atoms with van der Waals surface area (Å²) in [5.41, 5.74) is 2.31. The lowest BCUT2D eigenvalue weighted by Crippen LogP contribution is -2.25. The molecular weight excluding hydrogens is 324 g/mol. The molecule has 0 unspecified atom stereocenters. The quantitative estimate of drug-likeness (QED) is 0.907. The van der Waals surface area contributed by atoms with Crippen molar-refractivity contribution in [2.75, 3.05) is 11.3 Å². The van der Waals surface area contributed by atoms with Crippen LogP contribution >= 0.6 is 0 Å². The van der Waals surface area contributed by atoms with E-state index in [-0.39, 0.29) is 10.8 Å². The maximum absolute atomic E-state index is 12.6. The Hall–Kier alpha value is -2.34. The second-order valence-electron chi connectivity index (χ2n) is 5.99. The SMILES string of the molecule is Cc1ccc(S(=O)(=O)Nc2ccccc2CN2CCCC2=O)cc1. The Kier molecular flexibility index (Phi) is 4.57. The molecule has 0 radical (unpaired) electrons. The molecule has 2 aromatic rings. The molecule has 1 amide bonds. The molecule has 0 aromatic heterocycles. The van der Waals surface area contributed by atoms with E-state index in [1.54, 1.807) is 41.3 Å². The molecule has 3 rings (SSSR count). The van der Waals surface area contributed by atoms with Gasteiger partial charge in [0, 0.05) is 19.5 Å². The Bertz CT molecular complexity index is 845. The molecule has 1 aliphatic rings. The number of nitrogens with one attached hydrogen (secondary N) is 1. The van der Waals surface area contributed by atoms with Crippen LogP contribution in [0.2, 0.25) is 0 Å². The lowest BCUT2D eigenvalue weighted by atomic mass is 10.2. The molecule has 1 N–H and O–H groups in total. The first kappa shape index (κ1) is 16.5. The number of sulfonamides is 1. The highest BCUT2D eigenvalue weighted by Gasteiger charge is 2.22. The zero-order valence-electron chi connectivity index (χ0n) is 13.5. The summed E-state index contributed by atoms with van der Waals surface area (Å²) in [5.74, 6) is 0.117. The summed E-state index contributed by atoms with van der Waals surface area (Å²) in [6.45, 7) is 3.05. The Labute approximate surface area is 142 Å². The van der Waals surface area contributed by atoms with E-state index in [0.717, 1.165) is 24.1 Å². The Balaban J connectivity index is 1.84. The van der Waals surface area contributed by atoms with Gasteiger partial charge in [0.15, 0.2) is 0 Å². The number of hydrogen-bond acceptors (Lipinski definition) is 3. The van der Waals surface area contributed by atoms with Crippen LogP contribution in [0.4, 0.5) is 5.69 Å². The number of hydrogen-bond donors (Lipinski definition) is 1. The Morgan fingerprint density at radius 2 is 1.79 bits per heavy atom. The van der Waals surface area contributed by atoms with Crippen molar-refractivity contribution in [3.05, 3.63) is 59.7 Å². The number of carbonyl (C=O) groups excluding carboxylic acids is 1. The van der Waals surface area contributed by atoms with Gasteiger partial charge in [-0.1, -0.05) is 35.9 Å². The number of nitrogens with zero attached hydrogens (tertiary/aromatic N) is 1. The second kappa shape index (κ2) is 6.65. The summed E-state index contributed by atoms with van der Waals surface area (Å²) in [7, 11) is -3.65. The highest BCUT2D eigenvalue weighted by molar-refractivity contribution is 7.92. The third-order valence-electron chi connectivity index (χ3n) is 4.13. The predicted molar refractivity (Wildman–Crippen MR) is 93.1 cm³/mol. The number of amides is 1. The van der Waals surface area contributed by atoms with E-state index in [2.05, 4.69) is 4.72 Å². The molecule has 1 fully saturated rings. The van der Waals surface area contributed by atoms with Crippen molar-refractivity contribution >= 4 is 21.6 Å². The first-order valence-corrected chi connectivity index (χ1v) is 9.39. The minimum absolute atomic E-state index is 0.117. The molecule has 0 spiro atoms. The van der Waals surface area contributed by atoms with Gasteiger partial charge >= 0.3 is 0 Å². The molecule has 0 atom stereocenters. The van der Waals surface area contributed by atoms with Crippen molar-refractivity contribution in [2.45, 2.75) is 31.2 Å². The van der Waals surface area contributed by atoms with Gasteiger partial charge in [-0.2, -0.15) is 0 Å². The summed E-state index contributed by atoms with van der Waals surface area (Å²) in [6.07, 6.45) is 1.42. The Morgan fingerprint density at radius 1 is 1.08 bits per heavy atom. The van der Waals surface area contributed by atoms with Gasteiger partial charge in [0.05, 0.1) is 10.6 Å². The molecule has 5 nitrogen and oxygen atoms in total. The number of anilines is 1. The normalized spacial score (nSPS) is 14.9. The van der Waals surface area contributed by atoms with Crippen LogP contribution in [0, 0.1) is 6.92 Å². The number of carbonyl (C=O) groups is 1. The second-order valence-corrected chi connectivity index (χ2v) is 7.68. The fourth-order valence-corrected chi connectivity index (χ4v) is 3.86. The maximum atomic E-state index is 12.6. The van der Waals surface area contributed by atoms with E-state index in [0.29, 0.717) is 18.7 Å². The maximum Gasteiger partial charge on any atom is 0.261 e. The summed E-state index contributed by atoms with van der Waals surface area (Å²) < 4.78 is 27.8. The van der Waals surface area contributed by atoms with Gasteiger partial charge in [0.1, 0.15) is 0 Å². The molecule has 1 aliphatic heterocycles. The van der Waals surface area contributed by atoms with Crippen LogP contribution in [0.15, 0.2) is 53.4 Å².